The third-order valence-corrected chi connectivity index (χ3v) is 2.78. The molecule has 0 saturated heterocycles. The fourth-order valence-corrected chi connectivity index (χ4v) is 1.72. The summed E-state index contributed by atoms with van der Waals surface area (Å²) in [4.78, 5) is 22.4. The number of carbonyl (C=O) groups excluding carboxylic acids is 1. The van der Waals surface area contributed by atoms with Crippen LogP contribution in [0.5, 0.6) is 0 Å². The van der Waals surface area contributed by atoms with E-state index in [0.29, 0.717) is 13.0 Å². The molecule has 0 aliphatic carbocycles. The monoisotopic (exact) mass is 243 g/mol. The highest BCUT2D eigenvalue weighted by Crippen LogP contribution is 2.13. The number of carbonyl (C=O) groups is 2. The molecule has 0 aromatic carbocycles. The van der Waals surface area contributed by atoms with Crippen molar-refractivity contribution in [3.8, 4) is 0 Å². The molecule has 17 heavy (non-hydrogen) atoms. The van der Waals surface area contributed by atoms with Crippen molar-refractivity contribution in [2.75, 3.05) is 6.54 Å². The fraction of sp³-hybridized carbons (Fsp3) is 0.846. The van der Waals surface area contributed by atoms with E-state index in [1.165, 1.54) is 0 Å². The fourth-order valence-electron chi connectivity index (χ4n) is 1.72. The summed E-state index contributed by atoms with van der Waals surface area (Å²) >= 11 is 0. The van der Waals surface area contributed by atoms with E-state index in [9.17, 15) is 9.59 Å². The first-order valence-corrected chi connectivity index (χ1v) is 6.61. The second kappa shape index (κ2) is 10.1. The Kier molecular flexibility index (Phi) is 9.49. The summed E-state index contributed by atoms with van der Waals surface area (Å²) in [5.74, 6) is -1.36. The first-order valence-electron chi connectivity index (χ1n) is 6.61. The smallest absolute Gasteiger partial charge is 0.304 e. The Morgan fingerprint density at radius 1 is 1.12 bits per heavy atom. The van der Waals surface area contributed by atoms with Gasteiger partial charge in [-0.25, -0.2) is 0 Å². The van der Waals surface area contributed by atoms with Gasteiger partial charge in [0.25, 0.3) is 0 Å². The maximum Gasteiger partial charge on any atom is 0.304 e. The highest BCUT2D eigenvalue weighted by molar-refractivity contribution is 5.83. The largest absolute Gasteiger partial charge is 0.481 e. The molecule has 0 aliphatic rings. The lowest BCUT2D eigenvalue weighted by Gasteiger charge is -2.14. The van der Waals surface area contributed by atoms with Crippen LogP contribution in [-0.4, -0.2) is 23.5 Å². The minimum absolute atomic E-state index is 0.0559. The predicted octanol–water partition coefficient (Wildman–Crippen LogP) is 2.57. The van der Waals surface area contributed by atoms with Crippen LogP contribution in [0.1, 0.15) is 58.8 Å². The van der Waals surface area contributed by atoms with E-state index in [1.807, 2.05) is 6.92 Å². The number of aliphatic carboxylic acids is 1. The van der Waals surface area contributed by atoms with Crippen LogP contribution in [0.3, 0.4) is 0 Å². The van der Waals surface area contributed by atoms with E-state index in [4.69, 9.17) is 5.11 Å². The molecular weight excluding hydrogens is 218 g/mol. The lowest BCUT2D eigenvalue weighted by molar-refractivity contribution is -0.141. The predicted molar refractivity (Wildman–Crippen MR) is 67.8 cm³/mol. The Hall–Kier alpha value is -1.06. The summed E-state index contributed by atoms with van der Waals surface area (Å²) in [6, 6.07) is 0. The van der Waals surface area contributed by atoms with Gasteiger partial charge in [-0.05, 0) is 12.8 Å². The summed E-state index contributed by atoms with van der Waals surface area (Å²) in [5.41, 5.74) is 0. The van der Waals surface area contributed by atoms with Crippen LogP contribution < -0.4 is 5.32 Å². The third kappa shape index (κ3) is 8.72. The molecule has 4 heteroatoms. The Morgan fingerprint density at radius 3 is 2.29 bits per heavy atom. The molecule has 0 bridgehead atoms. The first kappa shape index (κ1) is 15.9. The number of unbranched alkanes of at least 4 members (excludes halogenated alkanes) is 3. The number of hydrogen-bond acceptors (Lipinski definition) is 2. The van der Waals surface area contributed by atoms with Gasteiger partial charge in [-0.2, -0.15) is 0 Å². The minimum Gasteiger partial charge on any atom is -0.481 e. The topological polar surface area (TPSA) is 66.4 Å². The van der Waals surface area contributed by atoms with Gasteiger partial charge in [0.15, 0.2) is 0 Å². The third-order valence-electron chi connectivity index (χ3n) is 2.78. The Morgan fingerprint density at radius 2 is 1.76 bits per heavy atom. The normalized spacial score (nSPS) is 12.1. The molecular formula is C13H25NO3. The number of rotatable bonds is 10. The van der Waals surface area contributed by atoms with E-state index in [-0.39, 0.29) is 18.2 Å². The Labute approximate surface area is 104 Å². The number of nitrogens with one attached hydrogen (secondary N) is 1. The van der Waals surface area contributed by atoms with E-state index in [2.05, 4.69) is 12.2 Å². The zero-order chi connectivity index (χ0) is 13.1. The van der Waals surface area contributed by atoms with Crippen molar-refractivity contribution in [1.82, 2.24) is 5.32 Å². The summed E-state index contributed by atoms with van der Waals surface area (Å²) in [6.45, 7) is 4.81. The van der Waals surface area contributed by atoms with Gasteiger partial charge in [0, 0.05) is 12.5 Å². The summed E-state index contributed by atoms with van der Waals surface area (Å²) in [6.07, 6.45) is 5.68. The zero-order valence-electron chi connectivity index (χ0n) is 11.0. The van der Waals surface area contributed by atoms with Crippen LogP contribution in [0, 0.1) is 5.92 Å². The van der Waals surface area contributed by atoms with Crippen LogP contribution in [0.2, 0.25) is 0 Å². The molecule has 0 fully saturated rings. The van der Waals surface area contributed by atoms with Crippen molar-refractivity contribution >= 4 is 11.9 Å². The zero-order valence-corrected chi connectivity index (χ0v) is 11.0. The Balaban J connectivity index is 3.98. The molecule has 0 saturated carbocycles. The van der Waals surface area contributed by atoms with Gasteiger partial charge in [-0.15, -0.1) is 0 Å². The standard InChI is InChI=1S/C13H25NO3/c1-3-5-7-9-14-13(17)11(8-6-4-2)10-12(15)16/h11H,3-10H2,1-2H3,(H,14,17)(H,15,16). The molecule has 0 aromatic heterocycles. The first-order chi connectivity index (χ1) is 8.11. The highest BCUT2D eigenvalue weighted by Gasteiger charge is 2.20. The molecule has 100 valence electrons. The van der Waals surface area contributed by atoms with E-state index in [1.54, 1.807) is 0 Å². The molecule has 0 aromatic rings. The summed E-state index contributed by atoms with van der Waals surface area (Å²) < 4.78 is 0. The number of amides is 1. The lowest BCUT2D eigenvalue weighted by Crippen LogP contribution is -2.32. The second-order valence-corrected chi connectivity index (χ2v) is 4.44. The van der Waals surface area contributed by atoms with Crippen molar-refractivity contribution in [1.29, 1.82) is 0 Å². The van der Waals surface area contributed by atoms with E-state index in [0.717, 1.165) is 32.1 Å². The van der Waals surface area contributed by atoms with Crippen LogP contribution >= 0.6 is 0 Å². The molecule has 4 nitrogen and oxygen atoms in total. The Bertz CT molecular complexity index is 229. The van der Waals surface area contributed by atoms with Crippen LogP contribution in [-0.2, 0) is 9.59 Å². The SMILES string of the molecule is CCCCCNC(=O)C(CCCC)CC(=O)O. The van der Waals surface area contributed by atoms with Crippen LogP contribution in [0.15, 0.2) is 0 Å². The van der Waals surface area contributed by atoms with Gasteiger partial charge in [0.1, 0.15) is 0 Å². The molecule has 0 radical (unpaired) electrons. The van der Waals surface area contributed by atoms with Gasteiger partial charge >= 0.3 is 5.97 Å². The number of carboxylic acids is 1. The lowest BCUT2D eigenvalue weighted by atomic mass is 9.97. The molecule has 1 atom stereocenters. The average Bonchev–Trinajstić information content (AvgIpc) is 2.29. The van der Waals surface area contributed by atoms with Crippen molar-refractivity contribution in [2.24, 2.45) is 5.92 Å². The minimum atomic E-state index is -0.894. The molecule has 0 heterocycles. The highest BCUT2D eigenvalue weighted by atomic mass is 16.4. The molecule has 0 aliphatic heterocycles. The number of carboxylic acid groups (broad SMARTS) is 1. The quantitative estimate of drug-likeness (QED) is 0.579. The van der Waals surface area contributed by atoms with Crippen molar-refractivity contribution < 1.29 is 14.7 Å². The summed E-state index contributed by atoms with van der Waals surface area (Å²) in [7, 11) is 0. The molecule has 2 N–H and O–H groups in total. The van der Waals surface area contributed by atoms with Crippen molar-refractivity contribution in [3.05, 3.63) is 0 Å². The van der Waals surface area contributed by atoms with Gasteiger partial charge < -0.3 is 10.4 Å². The molecule has 0 spiro atoms. The van der Waals surface area contributed by atoms with Gasteiger partial charge in [0.2, 0.25) is 5.91 Å². The maximum absolute atomic E-state index is 11.8. The van der Waals surface area contributed by atoms with Crippen molar-refractivity contribution in [2.45, 2.75) is 58.8 Å². The second-order valence-electron chi connectivity index (χ2n) is 4.44. The summed E-state index contributed by atoms with van der Waals surface area (Å²) in [5, 5.41) is 11.6. The van der Waals surface area contributed by atoms with E-state index < -0.39 is 5.97 Å². The average molecular weight is 243 g/mol. The molecule has 0 rings (SSSR count). The molecule has 1 amide bonds. The van der Waals surface area contributed by atoms with Crippen LogP contribution in [0.4, 0.5) is 0 Å². The molecule has 1 unspecified atom stereocenters. The van der Waals surface area contributed by atoms with Gasteiger partial charge in [-0.1, -0.05) is 39.5 Å². The van der Waals surface area contributed by atoms with Crippen LogP contribution in [0.25, 0.3) is 0 Å². The number of hydrogen-bond donors (Lipinski definition) is 2. The van der Waals surface area contributed by atoms with Gasteiger partial charge in [-0.3, -0.25) is 9.59 Å². The van der Waals surface area contributed by atoms with Crippen molar-refractivity contribution in [3.63, 3.8) is 0 Å². The van der Waals surface area contributed by atoms with E-state index >= 15 is 0 Å². The maximum atomic E-state index is 11.8. The van der Waals surface area contributed by atoms with Gasteiger partial charge in [0.05, 0.1) is 6.42 Å².